The van der Waals surface area contributed by atoms with Gasteiger partial charge in [-0.1, -0.05) is 0 Å². The van der Waals surface area contributed by atoms with Gasteiger partial charge < -0.3 is 0 Å². The molecule has 0 atom stereocenters. The maximum atomic E-state index is 4.60. The molecular weight excluding hydrogens is 176 g/mol. The summed E-state index contributed by atoms with van der Waals surface area (Å²) in [7, 11) is 0. The molecule has 0 aliphatic carbocycles. The van der Waals surface area contributed by atoms with Gasteiger partial charge >= 0.3 is 0 Å². The summed E-state index contributed by atoms with van der Waals surface area (Å²) in [6, 6.07) is 0. The van der Waals surface area contributed by atoms with Crippen LogP contribution in [0.5, 0.6) is 0 Å². The summed E-state index contributed by atoms with van der Waals surface area (Å²) in [5, 5.41) is 15.0. The van der Waals surface area contributed by atoms with Crippen LogP contribution in [0.1, 0.15) is 0 Å². The molecule has 0 spiro atoms. The molecular formula is C5H2N6O2. The molecule has 2 aromatic rings. The van der Waals surface area contributed by atoms with Gasteiger partial charge in [0.05, 0.1) is 0 Å². The van der Waals surface area contributed by atoms with Gasteiger partial charge in [-0.15, -0.1) is 0 Å². The number of hydrogen-bond acceptors (Lipinski definition) is 8. The van der Waals surface area contributed by atoms with Crippen molar-refractivity contribution in [1.29, 1.82) is 0 Å². The third-order valence-corrected chi connectivity index (χ3v) is 2.21. The number of rotatable bonds is 0. The van der Waals surface area contributed by atoms with Crippen LogP contribution in [0.15, 0.2) is 9.26 Å². The number of nitrogens with zero attached hydrogens (tertiary/aromatic N) is 6. The molecule has 2 aliphatic heterocycles. The first kappa shape index (κ1) is 5.51. The van der Waals surface area contributed by atoms with Crippen molar-refractivity contribution in [1.82, 2.24) is 20.6 Å². The van der Waals surface area contributed by atoms with Gasteiger partial charge in [0, 0.05) is 0 Å². The van der Waals surface area contributed by atoms with E-state index in [0.717, 1.165) is 0 Å². The number of fused-ring (bicyclic) bond motifs is 8. The lowest BCUT2D eigenvalue weighted by atomic mass is 10.4. The van der Waals surface area contributed by atoms with Crippen molar-refractivity contribution in [2.75, 3.05) is 16.5 Å². The Morgan fingerprint density at radius 1 is 0.769 bits per heavy atom. The van der Waals surface area contributed by atoms with E-state index < -0.39 is 0 Å². The summed E-state index contributed by atoms with van der Waals surface area (Å²) in [6.45, 7) is 0.641. The van der Waals surface area contributed by atoms with E-state index in [4.69, 9.17) is 0 Å². The van der Waals surface area contributed by atoms with Crippen LogP contribution in [0, 0.1) is 0 Å². The van der Waals surface area contributed by atoms with Crippen molar-refractivity contribution >= 4 is 23.3 Å². The molecule has 0 saturated carbocycles. The highest BCUT2D eigenvalue weighted by Crippen LogP contribution is 2.50. The molecule has 0 N–H and O–H groups in total. The largest absolute Gasteiger partial charge is 0.280 e. The van der Waals surface area contributed by atoms with Gasteiger partial charge in [0.15, 0.2) is 0 Å². The van der Waals surface area contributed by atoms with Gasteiger partial charge in [0.1, 0.15) is 6.67 Å². The molecule has 2 aliphatic rings. The van der Waals surface area contributed by atoms with Crippen molar-refractivity contribution < 1.29 is 9.26 Å². The molecule has 0 fully saturated rings. The molecule has 0 aromatic carbocycles. The third kappa shape index (κ3) is 0.428. The second-order valence-corrected chi connectivity index (χ2v) is 2.82. The van der Waals surface area contributed by atoms with Crippen LogP contribution in [0.4, 0.5) is 23.3 Å². The fourth-order valence-electron chi connectivity index (χ4n) is 1.65. The van der Waals surface area contributed by atoms with E-state index in [-0.39, 0.29) is 0 Å². The Morgan fingerprint density at radius 2 is 1.15 bits per heavy atom. The molecule has 8 nitrogen and oxygen atoms in total. The third-order valence-electron chi connectivity index (χ3n) is 2.21. The summed E-state index contributed by atoms with van der Waals surface area (Å²) in [4.78, 5) is 3.66. The fraction of sp³-hybridized carbons (Fsp3) is 0.200. The van der Waals surface area contributed by atoms with E-state index in [1.54, 1.807) is 0 Å². The number of aromatic nitrogens is 4. The average molecular weight is 178 g/mol. The Bertz CT molecular complexity index is 407. The zero-order chi connectivity index (χ0) is 8.41. The molecule has 0 amide bonds. The van der Waals surface area contributed by atoms with E-state index >= 15 is 0 Å². The molecule has 4 heterocycles. The van der Waals surface area contributed by atoms with E-state index in [9.17, 15) is 0 Å². The second-order valence-electron chi connectivity index (χ2n) is 2.82. The molecule has 0 unspecified atom stereocenters. The number of hydrogen-bond donors (Lipinski definition) is 0. The first-order valence-electron chi connectivity index (χ1n) is 3.65. The van der Waals surface area contributed by atoms with Crippen molar-refractivity contribution in [2.45, 2.75) is 0 Å². The van der Waals surface area contributed by atoms with Gasteiger partial charge in [0.25, 0.3) is 0 Å². The molecule has 64 valence electrons. The van der Waals surface area contributed by atoms with Crippen LogP contribution in [0.3, 0.4) is 0 Å². The van der Waals surface area contributed by atoms with Gasteiger partial charge in [0.2, 0.25) is 23.3 Å². The van der Waals surface area contributed by atoms with Crippen LogP contribution >= 0.6 is 0 Å². The predicted octanol–water partition coefficient (Wildman–Crippen LogP) is 0.0133. The second kappa shape index (κ2) is 1.49. The van der Waals surface area contributed by atoms with Crippen molar-refractivity contribution in [3.8, 4) is 0 Å². The van der Waals surface area contributed by atoms with E-state index in [2.05, 4.69) is 29.9 Å². The molecule has 2 bridgehead atoms. The minimum atomic E-state index is 0.641. The minimum absolute atomic E-state index is 0.641. The van der Waals surface area contributed by atoms with Crippen LogP contribution in [0.2, 0.25) is 0 Å². The van der Waals surface area contributed by atoms with Crippen molar-refractivity contribution in [3.05, 3.63) is 0 Å². The first-order chi connectivity index (χ1) is 6.45. The molecule has 8 heteroatoms. The molecule has 2 aromatic heterocycles. The quantitative estimate of drug-likeness (QED) is 0.557. The summed E-state index contributed by atoms with van der Waals surface area (Å²) >= 11 is 0. The fourth-order valence-corrected chi connectivity index (χ4v) is 1.65. The van der Waals surface area contributed by atoms with Gasteiger partial charge in [-0.25, -0.2) is 9.26 Å². The van der Waals surface area contributed by atoms with Crippen LogP contribution in [-0.4, -0.2) is 27.3 Å². The van der Waals surface area contributed by atoms with Crippen LogP contribution in [0.25, 0.3) is 0 Å². The SMILES string of the molecule is C1N2c3nonc3N1c1nonc12. The summed E-state index contributed by atoms with van der Waals surface area (Å²) < 4.78 is 9.20. The highest BCUT2D eigenvalue weighted by Gasteiger charge is 2.45. The maximum Gasteiger partial charge on any atom is 0.225 e. The predicted molar refractivity (Wildman–Crippen MR) is 37.7 cm³/mol. The van der Waals surface area contributed by atoms with E-state index in [0.29, 0.717) is 29.9 Å². The maximum absolute atomic E-state index is 4.60. The van der Waals surface area contributed by atoms with Crippen molar-refractivity contribution in [3.63, 3.8) is 0 Å². The minimum Gasteiger partial charge on any atom is -0.280 e. The molecule has 0 radical (unpaired) electrons. The topological polar surface area (TPSA) is 84.3 Å². The molecule has 0 saturated heterocycles. The van der Waals surface area contributed by atoms with E-state index in [1.165, 1.54) is 0 Å². The Kier molecular flexibility index (Phi) is 0.631. The van der Waals surface area contributed by atoms with Gasteiger partial charge in [-0.3, -0.25) is 9.80 Å². The number of anilines is 4. The summed E-state index contributed by atoms with van der Waals surface area (Å²) in [5.74, 6) is 2.68. The lowest BCUT2D eigenvalue weighted by Gasteiger charge is -2.05. The first-order valence-corrected chi connectivity index (χ1v) is 3.65. The highest BCUT2D eigenvalue weighted by atomic mass is 16.6. The van der Waals surface area contributed by atoms with Crippen LogP contribution in [-0.2, 0) is 0 Å². The molecule has 13 heavy (non-hydrogen) atoms. The Hall–Kier alpha value is -2.12. The Balaban J connectivity index is 2.08. The zero-order valence-electron chi connectivity index (χ0n) is 6.21. The molecule has 4 rings (SSSR count). The van der Waals surface area contributed by atoms with Crippen molar-refractivity contribution in [2.24, 2.45) is 0 Å². The Labute approximate surface area is 70.6 Å². The Morgan fingerprint density at radius 3 is 1.54 bits per heavy atom. The van der Waals surface area contributed by atoms with Gasteiger partial charge in [-0.05, 0) is 20.6 Å². The van der Waals surface area contributed by atoms with Crippen LogP contribution < -0.4 is 9.80 Å². The zero-order valence-corrected chi connectivity index (χ0v) is 6.21. The van der Waals surface area contributed by atoms with Gasteiger partial charge in [-0.2, -0.15) is 0 Å². The lowest BCUT2D eigenvalue weighted by molar-refractivity contribution is 0.300. The summed E-state index contributed by atoms with van der Waals surface area (Å²) in [5.41, 5.74) is 0. The monoisotopic (exact) mass is 178 g/mol. The highest BCUT2D eigenvalue weighted by molar-refractivity contribution is 5.90. The normalized spacial score (nSPS) is 16.6. The lowest BCUT2D eigenvalue weighted by Crippen LogP contribution is -2.16. The average Bonchev–Trinajstić information content (AvgIpc) is 2.81. The van der Waals surface area contributed by atoms with E-state index in [1.807, 2.05) is 9.80 Å². The standard InChI is InChI=1S/C5H2N6O2/c1-10-2-3(7-12-6-2)11(1)5-4(10)8-13-9-5/h1H2. The summed E-state index contributed by atoms with van der Waals surface area (Å²) in [6.07, 6.45) is 0. The smallest absolute Gasteiger partial charge is 0.225 e.